The Bertz CT molecular complexity index is 268. The Morgan fingerprint density at radius 3 is 2.71 bits per heavy atom. The summed E-state index contributed by atoms with van der Waals surface area (Å²) in [5.74, 6) is 0.821. The summed E-state index contributed by atoms with van der Waals surface area (Å²) in [6.45, 7) is 11.2. The second-order valence-corrected chi connectivity index (χ2v) is 7.47. The van der Waals surface area contributed by atoms with Gasteiger partial charge in [-0.05, 0) is 33.6 Å². The Morgan fingerprint density at radius 2 is 2.18 bits per heavy atom. The van der Waals surface area contributed by atoms with Crippen molar-refractivity contribution in [1.29, 1.82) is 0 Å². The van der Waals surface area contributed by atoms with Crippen LogP contribution in [0.15, 0.2) is 0 Å². The first-order chi connectivity index (χ1) is 7.85. The van der Waals surface area contributed by atoms with E-state index in [-0.39, 0.29) is 5.54 Å². The van der Waals surface area contributed by atoms with Crippen molar-refractivity contribution in [1.82, 2.24) is 10.2 Å². The molecule has 1 rings (SSSR count). The van der Waals surface area contributed by atoms with Gasteiger partial charge in [0, 0.05) is 53.5 Å². The molecule has 3 atom stereocenters. The van der Waals surface area contributed by atoms with E-state index in [1.165, 1.54) is 6.42 Å². The summed E-state index contributed by atoms with van der Waals surface area (Å²) in [6.07, 6.45) is 4.02. The average Bonchev–Trinajstić information content (AvgIpc) is 2.24. The fourth-order valence-electron chi connectivity index (χ4n) is 2.55. The van der Waals surface area contributed by atoms with Crippen molar-refractivity contribution in [3.63, 3.8) is 0 Å². The Morgan fingerprint density at radius 1 is 1.53 bits per heavy atom. The van der Waals surface area contributed by atoms with Gasteiger partial charge >= 0.3 is 0 Å². The van der Waals surface area contributed by atoms with Crippen LogP contribution in [0.2, 0.25) is 0 Å². The number of nitrogens with one attached hydrogen (secondary N) is 1. The van der Waals surface area contributed by atoms with Crippen molar-refractivity contribution in [3.8, 4) is 0 Å². The molecule has 3 nitrogen and oxygen atoms in total. The van der Waals surface area contributed by atoms with Crippen molar-refractivity contribution in [2.75, 3.05) is 25.1 Å². The maximum Gasteiger partial charge on any atom is 0.0253 e. The number of rotatable bonds is 5. The summed E-state index contributed by atoms with van der Waals surface area (Å²) >= 11 is 0. The smallest absolute Gasteiger partial charge is 0.0253 e. The quantitative estimate of drug-likeness (QED) is 0.815. The van der Waals surface area contributed by atoms with E-state index in [1.807, 2.05) is 0 Å². The van der Waals surface area contributed by atoms with E-state index in [1.54, 1.807) is 6.26 Å². The molecule has 1 N–H and O–H groups in total. The van der Waals surface area contributed by atoms with Crippen LogP contribution in [0, 0.1) is 0 Å². The fourth-order valence-corrected chi connectivity index (χ4v) is 3.22. The van der Waals surface area contributed by atoms with Crippen LogP contribution in [0.25, 0.3) is 0 Å². The van der Waals surface area contributed by atoms with E-state index in [2.05, 4.69) is 37.9 Å². The Balaban J connectivity index is 2.59. The molecular formula is C13H28N2OS. The topological polar surface area (TPSA) is 32.3 Å². The van der Waals surface area contributed by atoms with Gasteiger partial charge in [-0.1, -0.05) is 6.92 Å². The first-order valence-electron chi connectivity index (χ1n) is 6.66. The molecule has 0 aromatic rings. The van der Waals surface area contributed by atoms with Crippen molar-refractivity contribution >= 4 is 10.8 Å². The lowest BCUT2D eigenvalue weighted by atomic mass is 9.95. The summed E-state index contributed by atoms with van der Waals surface area (Å²) in [6, 6.07) is 1.16. The van der Waals surface area contributed by atoms with Gasteiger partial charge in [-0.2, -0.15) is 0 Å². The van der Waals surface area contributed by atoms with Crippen LogP contribution >= 0.6 is 0 Å². The van der Waals surface area contributed by atoms with E-state index in [4.69, 9.17) is 0 Å². The van der Waals surface area contributed by atoms with Crippen LogP contribution in [0.4, 0.5) is 0 Å². The minimum absolute atomic E-state index is 0.200. The molecule has 0 bridgehead atoms. The predicted octanol–water partition coefficient (Wildman–Crippen LogP) is 1.61. The number of hydrogen-bond donors (Lipinski definition) is 1. The molecule has 0 aromatic heterocycles. The zero-order chi connectivity index (χ0) is 13.1. The second-order valence-electron chi connectivity index (χ2n) is 5.91. The van der Waals surface area contributed by atoms with Gasteiger partial charge in [-0.25, -0.2) is 0 Å². The molecule has 0 saturated carbocycles. The average molecular weight is 260 g/mol. The van der Waals surface area contributed by atoms with E-state index in [0.717, 1.165) is 25.3 Å². The Hall–Kier alpha value is 0.0700. The van der Waals surface area contributed by atoms with E-state index in [9.17, 15) is 4.21 Å². The van der Waals surface area contributed by atoms with Crippen molar-refractivity contribution in [3.05, 3.63) is 0 Å². The highest BCUT2D eigenvalue weighted by atomic mass is 32.2. The largest absolute Gasteiger partial charge is 0.309 e. The van der Waals surface area contributed by atoms with Crippen LogP contribution in [0.3, 0.4) is 0 Å². The normalized spacial score (nSPS) is 28.9. The molecule has 0 amide bonds. The predicted molar refractivity (Wildman–Crippen MR) is 75.9 cm³/mol. The monoisotopic (exact) mass is 260 g/mol. The van der Waals surface area contributed by atoms with Gasteiger partial charge < -0.3 is 5.32 Å². The van der Waals surface area contributed by atoms with Gasteiger partial charge in [0.1, 0.15) is 0 Å². The molecule has 17 heavy (non-hydrogen) atoms. The molecule has 0 spiro atoms. The third-order valence-electron chi connectivity index (χ3n) is 3.72. The first-order valence-corrected chi connectivity index (χ1v) is 8.39. The zero-order valence-corrected chi connectivity index (χ0v) is 12.8. The lowest BCUT2D eigenvalue weighted by Crippen LogP contribution is -2.63. The van der Waals surface area contributed by atoms with E-state index in [0.29, 0.717) is 12.1 Å². The van der Waals surface area contributed by atoms with Gasteiger partial charge in [0.2, 0.25) is 0 Å². The minimum Gasteiger partial charge on any atom is -0.309 e. The Kier molecular flexibility index (Phi) is 5.61. The molecule has 1 fully saturated rings. The van der Waals surface area contributed by atoms with E-state index < -0.39 is 10.8 Å². The van der Waals surface area contributed by atoms with Gasteiger partial charge in [-0.3, -0.25) is 9.11 Å². The standard InChI is InChI=1S/C13H28N2OS/c1-6-12-9-14-13(3,4)10-15(12)11(2)7-8-17(5)16/h11-12,14H,6-10H2,1-5H3. The van der Waals surface area contributed by atoms with Crippen LogP contribution in [-0.2, 0) is 10.8 Å². The minimum atomic E-state index is -0.665. The number of hydrogen-bond acceptors (Lipinski definition) is 3. The summed E-state index contributed by atoms with van der Waals surface area (Å²) in [7, 11) is -0.665. The Labute approximate surface area is 109 Å². The molecule has 0 radical (unpaired) electrons. The van der Waals surface area contributed by atoms with Gasteiger partial charge in [0.25, 0.3) is 0 Å². The van der Waals surface area contributed by atoms with Gasteiger partial charge in [0.15, 0.2) is 0 Å². The summed E-state index contributed by atoms with van der Waals surface area (Å²) in [4.78, 5) is 2.60. The third-order valence-corrected chi connectivity index (χ3v) is 4.53. The van der Waals surface area contributed by atoms with Crippen LogP contribution in [-0.4, -0.2) is 51.8 Å². The molecule has 0 aromatic carbocycles. The van der Waals surface area contributed by atoms with E-state index >= 15 is 0 Å². The van der Waals surface area contributed by atoms with Crippen molar-refractivity contribution < 1.29 is 4.21 Å². The molecule has 102 valence electrons. The molecular weight excluding hydrogens is 232 g/mol. The molecule has 3 unspecified atom stereocenters. The number of piperazine rings is 1. The third kappa shape index (κ3) is 4.68. The lowest BCUT2D eigenvalue weighted by molar-refractivity contribution is 0.0573. The molecule has 1 aliphatic heterocycles. The fraction of sp³-hybridized carbons (Fsp3) is 1.00. The highest BCUT2D eigenvalue weighted by molar-refractivity contribution is 7.84. The molecule has 1 aliphatic rings. The molecule has 4 heteroatoms. The summed E-state index contributed by atoms with van der Waals surface area (Å²) in [5, 5.41) is 3.61. The second kappa shape index (κ2) is 6.30. The highest BCUT2D eigenvalue weighted by Crippen LogP contribution is 2.21. The van der Waals surface area contributed by atoms with Crippen molar-refractivity contribution in [2.24, 2.45) is 0 Å². The van der Waals surface area contributed by atoms with Crippen LogP contribution in [0.5, 0.6) is 0 Å². The SMILES string of the molecule is CCC1CNC(C)(C)CN1C(C)CCS(C)=O. The van der Waals surface area contributed by atoms with Gasteiger partial charge in [-0.15, -0.1) is 0 Å². The van der Waals surface area contributed by atoms with Crippen molar-refractivity contribution in [2.45, 2.75) is 58.2 Å². The summed E-state index contributed by atoms with van der Waals surface area (Å²) < 4.78 is 11.2. The summed E-state index contributed by atoms with van der Waals surface area (Å²) in [5.41, 5.74) is 0.200. The number of nitrogens with zero attached hydrogens (tertiary/aromatic N) is 1. The van der Waals surface area contributed by atoms with Gasteiger partial charge in [0.05, 0.1) is 0 Å². The highest BCUT2D eigenvalue weighted by Gasteiger charge is 2.33. The van der Waals surface area contributed by atoms with Crippen LogP contribution < -0.4 is 5.32 Å². The molecule has 1 heterocycles. The maximum atomic E-state index is 11.2. The molecule has 1 saturated heterocycles. The molecule has 0 aliphatic carbocycles. The maximum absolute atomic E-state index is 11.2. The lowest BCUT2D eigenvalue weighted by Gasteiger charge is -2.47. The zero-order valence-electron chi connectivity index (χ0n) is 12.0. The first kappa shape index (κ1) is 15.1. The van der Waals surface area contributed by atoms with Crippen LogP contribution in [0.1, 0.15) is 40.5 Å².